The highest BCUT2D eigenvalue weighted by Gasteiger charge is 2.28. The number of carbonyl (C=O) groups excluding carboxylic acids is 1. The Hall–Kier alpha value is -2.29. The number of ether oxygens (including phenoxy) is 1. The van der Waals surface area contributed by atoms with Crippen LogP contribution in [0.25, 0.3) is 0 Å². The van der Waals surface area contributed by atoms with Crippen LogP contribution in [0.15, 0.2) is 48.5 Å². The second-order valence-corrected chi connectivity index (χ2v) is 5.14. The third-order valence-electron chi connectivity index (χ3n) is 3.73. The minimum atomic E-state index is -0.206. The molecular weight excluding hydrogens is 250 g/mol. The first-order valence-electron chi connectivity index (χ1n) is 6.89. The van der Waals surface area contributed by atoms with Crippen LogP contribution in [0, 0.1) is 0 Å². The van der Waals surface area contributed by atoms with E-state index < -0.39 is 0 Å². The monoisotopic (exact) mass is 267 g/mol. The Labute approximate surface area is 118 Å². The molecule has 2 N–H and O–H groups in total. The standard InChI is InChI=1S/C17H17NO2/c18-13-10-9-12-5-4-8-15(16(12)11-13)17(19)20-14-6-2-1-3-7-14/h1-3,6-7,9-11,15H,4-5,8,18H2. The number of rotatable bonds is 2. The van der Waals surface area contributed by atoms with Gasteiger partial charge in [0.15, 0.2) is 0 Å². The first-order valence-corrected chi connectivity index (χ1v) is 6.89. The maximum Gasteiger partial charge on any atom is 0.318 e. The Morgan fingerprint density at radius 1 is 1.15 bits per heavy atom. The Morgan fingerprint density at radius 3 is 2.75 bits per heavy atom. The molecule has 0 amide bonds. The highest BCUT2D eigenvalue weighted by molar-refractivity contribution is 5.81. The molecule has 20 heavy (non-hydrogen) atoms. The van der Waals surface area contributed by atoms with Gasteiger partial charge in [0.25, 0.3) is 0 Å². The lowest BCUT2D eigenvalue weighted by Gasteiger charge is -2.24. The summed E-state index contributed by atoms with van der Waals surface area (Å²) >= 11 is 0. The molecule has 0 saturated carbocycles. The van der Waals surface area contributed by atoms with Crippen LogP contribution >= 0.6 is 0 Å². The van der Waals surface area contributed by atoms with Crippen LogP contribution in [-0.4, -0.2) is 5.97 Å². The maximum atomic E-state index is 12.4. The lowest BCUT2D eigenvalue weighted by atomic mass is 9.82. The van der Waals surface area contributed by atoms with E-state index in [0.717, 1.165) is 24.8 Å². The molecule has 1 aliphatic rings. The van der Waals surface area contributed by atoms with Crippen LogP contribution in [0.2, 0.25) is 0 Å². The molecule has 102 valence electrons. The number of hydrogen-bond acceptors (Lipinski definition) is 3. The molecule has 1 unspecified atom stereocenters. The molecular formula is C17H17NO2. The van der Waals surface area contributed by atoms with Crippen molar-refractivity contribution < 1.29 is 9.53 Å². The minimum Gasteiger partial charge on any atom is -0.426 e. The molecule has 0 radical (unpaired) electrons. The zero-order valence-corrected chi connectivity index (χ0v) is 11.2. The molecule has 0 heterocycles. The third-order valence-corrected chi connectivity index (χ3v) is 3.73. The van der Waals surface area contributed by atoms with Gasteiger partial charge in [0.1, 0.15) is 5.75 Å². The molecule has 1 aliphatic carbocycles. The minimum absolute atomic E-state index is 0.192. The van der Waals surface area contributed by atoms with E-state index in [0.29, 0.717) is 11.4 Å². The summed E-state index contributed by atoms with van der Waals surface area (Å²) in [5.41, 5.74) is 8.78. The summed E-state index contributed by atoms with van der Waals surface area (Å²) in [5, 5.41) is 0. The quantitative estimate of drug-likeness (QED) is 0.516. The van der Waals surface area contributed by atoms with Crippen molar-refractivity contribution >= 4 is 11.7 Å². The number of nitrogen functional groups attached to an aromatic ring is 1. The van der Waals surface area contributed by atoms with Gasteiger partial charge in [-0.1, -0.05) is 24.3 Å². The van der Waals surface area contributed by atoms with Gasteiger partial charge in [-0.2, -0.15) is 0 Å². The second-order valence-electron chi connectivity index (χ2n) is 5.14. The van der Waals surface area contributed by atoms with Crippen molar-refractivity contribution in [1.29, 1.82) is 0 Å². The summed E-state index contributed by atoms with van der Waals surface area (Å²) in [7, 11) is 0. The third kappa shape index (κ3) is 2.52. The van der Waals surface area contributed by atoms with E-state index in [9.17, 15) is 4.79 Å². The lowest BCUT2D eigenvalue weighted by molar-refractivity contribution is -0.136. The van der Waals surface area contributed by atoms with Gasteiger partial charge < -0.3 is 10.5 Å². The summed E-state index contributed by atoms with van der Waals surface area (Å²) in [4.78, 5) is 12.4. The molecule has 2 aromatic carbocycles. The molecule has 0 bridgehead atoms. The predicted molar refractivity (Wildman–Crippen MR) is 78.6 cm³/mol. The van der Waals surface area contributed by atoms with Gasteiger partial charge in [0.05, 0.1) is 5.92 Å². The summed E-state index contributed by atoms with van der Waals surface area (Å²) in [6.07, 6.45) is 2.83. The molecule has 3 heteroatoms. The van der Waals surface area contributed by atoms with Crippen LogP contribution in [0.4, 0.5) is 5.69 Å². The summed E-state index contributed by atoms with van der Waals surface area (Å²) in [6, 6.07) is 15.0. The van der Waals surface area contributed by atoms with Crippen LogP contribution in [0.3, 0.4) is 0 Å². The normalized spacial score (nSPS) is 17.3. The van der Waals surface area contributed by atoms with E-state index in [1.54, 1.807) is 12.1 Å². The molecule has 0 saturated heterocycles. The van der Waals surface area contributed by atoms with Gasteiger partial charge in [-0.3, -0.25) is 4.79 Å². The van der Waals surface area contributed by atoms with E-state index in [1.807, 2.05) is 36.4 Å². The van der Waals surface area contributed by atoms with Crippen molar-refractivity contribution in [2.45, 2.75) is 25.2 Å². The zero-order chi connectivity index (χ0) is 13.9. The molecule has 3 rings (SSSR count). The SMILES string of the molecule is Nc1ccc2c(c1)C(C(=O)Oc1ccccc1)CCC2. The summed E-state index contributed by atoms with van der Waals surface area (Å²) in [5.74, 6) is 0.193. The molecule has 0 aromatic heterocycles. The summed E-state index contributed by atoms with van der Waals surface area (Å²) < 4.78 is 5.47. The lowest BCUT2D eigenvalue weighted by Crippen LogP contribution is -2.23. The van der Waals surface area contributed by atoms with Crippen molar-refractivity contribution in [2.24, 2.45) is 0 Å². The topological polar surface area (TPSA) is 52.3 Å². The number of aryl methyl sites for hydroxylation is 1. The van der Waals surface area contributed by atoms with Crippen LogP contribution < -0.4 is 10.5 Å². The first-order chi connectivity index (χ1) is 9.74. The molecule has 3 nitrogen and oxygen atoms in total. The van der Waals surface area contributed by atoms with Gasteiger partial charge in [0.2, 0.25) is 0 Å². The number of esters is 1. The van der Waals surface area contributed by atoms with Crippen molar-refractivity contribution in [3.8, 4) is 5.75 Å². The fraction of sp³-hybridized carbons (Fsp3) is 0.235. The zero-order valence-electron chi connectivity index (χ0n) is 11.2. The van der Waals surface area contributed by atoms with Crippen molar-refractivity contribution in [1.82, 2.24) is 0 Å². The van der Waals surface area contributed by atoms with E-state index in [-0.39, 0.29) is 11.9 Å². The van der Waals surface area contributed by atoms with E-state index in [4.69, 9.17) is 10.5 Å². The number of hydrogen-bond donors (Lipinski definition) is 1. The Balaban J connectivity index is 1.85. The van der Waals surface area contributed by atoms with Crippen molar-refractivity contribution in [3.63, 3.8) is 0 Å². The predicted octanol–water partition coefficient (Wildman–Crippen LogP) is 3.29. The maximum absolute atomic E-state index is 12.4. The van der Waals surface area contributed by atoms with Crippen LogP contribution in [-0.2, 0) is 11.2 Å². The molecule has 0 aliphatic heterocycles. The number of nitrogens with two attached hydrogens (primary N) is 1. The largest absolute Gasteiger partial charge is 0.426 e. The molecule has 0 spiro atoms. The van der Waals surface area contributed by atoms with Gasteiger partial charge >= 0.3 is 5.97 Å². The number of fused-ring (bicyclic) bond motifs is 1. The van der Waals surface area contributed by atoms with E-state index in [1.165, 1.54) is 5.56 Å². The van der Waals surface area contributed by atoms with Crippen LogP contribution in [0.5, 0.6) is 5.75 Å². The number of benzene rings is 2. The first kappa shape index (κ1) is 12.7. The fourth-order valence-corrected chi connectivity index (χ4v) is 2.74. The van der Waals surface area contributed by atoms with Gasteiger partial charge in [-0.25, -0.2) is 0 Å². The average molecular weight is 267 g/mol. The highest BCUT2D eigenvalue weighted by Crippen LogP contribution is 2.34. The van der Waals surface area contributed by atoms with Gasteiger partial charge in [0, 0.05) is 5.69 Å². The van der Waals surface area contributed by atoms with Crippen molar-refractivity contribution in [3.05, 3.63) is 59.7 Å². The van der Waals surface area contributed by atoms with Crippen molar-refractivity contribution in [2.75, 3.05) is 5.73 Å². The Bertz CT molecular complexity index is 622. The highest BCUT2D eigenvalue weighted by atomic mass is 16.5. The smallest absolute Gasteiger partial charge is 0.318 e. The second kappa shape index (κ2) is 5.37. The van der Waals surface area contributed by atoms with Gasteiger partial charge in [-0.05, 0) is 54.7 Å². The van der Waals surface area contributed by atoms with E-state index in [2.05, 4.69) is 0 Å². The fourth-order valence-electron chi connectivity index (χ4n) is 2.74. The summed E-state index contributed by atoms with van der Waals surface area (Å²) in [6.45, 7) is 0. The molecule has 2 aromatic rings. The number of para-hydroxylation sites is 1. The molecule has 1 atom stereocenters. The number of carbonyl (C=O) groups is 1. The average Bonchev–Trinajstić information content (AvgIpc) is 2.47. The van der Waals surface area contributed by atoms with Gasteiger partial charge in [-0.15, -0.1) is 0 Å². The molecule has 0 fully saturated rings. The van der Waals surface area contributed by atoms with E-state index >= 15 is 0 Å². The Kier molecular flexibility index (Phi) is 3.42. The number of anilines is 1. The Morgan fingerprint density at radius 2 is 1.95 bits per heavy atom. The van der Waals surface area contributed by atoms with Crippen LogP contribution in [0.1, 0.15) is 29.9 Å².